The Kier molecular flexibility index (Phi) is 3.38. The predicted octanol–water partition coefficient (Wildman–Crippen LogP) is 3.32. The zero-order valence-electron chi connectivity index (χ0n) is 11.4. The molecule has 106 valence electrons. The van der Waals surface area contributed by atoms with Crippen LogP contribution in [-0.2, 0) is 0 Å². The average Bonchev–Trinajstić information content (AvgIpc) is 3.00. The van der Waals surface area contributed by atoms with E-state index < -0.39 is 4.92 Å². The summed E-state index contributed by atoms with van der Waals surface area (Å²) in [5.41, 5.74) is 2.55. The van der Waals surface area contributed by atoms with E-state index in [1.165, 1.54) is 12.1 Å². The molecular weight excluding hydrogens is 280 g/mol. The molecule has 1 aromatic heterocycles. The normalized spacial score (nSPS) is 10.1. The molecule has 2 aromatic carbocycles. The number of nitro groups is 1. The first-order valence-corrected chi connectivity index (χ1v) is 6.49. The van der Waals surface area contributed by atoms with Crippen LogP contribution in [0, 0.1) is 21.4 Å². The van der Waals surface area contributed by atoms with E-state index in [-0.39, 0.29) is 5.69 Å². The fourth-order valence-electron chi connectivity index (χ4n) is 2.12. The van der Waals surface area contributed by atoms with Gasteiger partial charge in [0.2, 0.25) is 0 Å². The minimum Gasteiger partial charge on any atom is -0.258 e. The maximum absolute atomic E-state index is 10.7. The van der Waals surface area contributed by atoms with Gasteiger partial charge in [0, 0.05) is 23.9 Å². The first-order valence-electron chi connectivity index (χ1n) is 6.49. The molecule has 0 amide bonds. The maximum atomic E-state index is 10.7. The van der Waals surface area contributed by atoms with Crippen LogP contribution in [0.2, 0.25) is 0 Å². The van der Waals surface area contributed by atoms with Crippen molar-refractivity contribution in [2.24, 2.45) is 0 Å². The van der Waals surface area contributed by atoms with E-state index in [9.17, 15) is 15.4 Å². The Hall–Kier alpha value is -3.46. The summed E-state index contributed by atoms with van der Waals surface area (Å²) in [6.07, 6.45) is 1.61. The lowest BCUT2D eigenvalue weighted by Crippen LogP contribution is -1.95. The minimum atomic E-state index is -0.455. The quantitative estimate of drug-likeness (QED) is 0.547. The summed E-state index contributed by atoms with van der Waals surface area (Å²) in [6, 6.07) is 17.5. The third-order valence-electron chi connectivity index (χ3n) is 3.21. The van der Waals surface area contributed by atoms with Crippen LogP contribution in [0.5, 0.6) is 0 Å². The molecule has 0 bridgehead atoms. The van der Waals surface area contributed by atoms with Gasteiger partial charge in [0.05, 0.1) is 16.2 Å². The van der Waals surface area contributed by atoms with Crippen molar-refractivity contribution in [2.45, 2.75) is 0 Å². The van der Waals surface area contributed by atoms with Gasteiger partial charge in [-0.1, -0.05) is 30.3 Å². The van der Waals surface area contributed by atoms with E-state index in [0.29, 0.717) is 16.9 Å². The van der Waals surface area contributed by atoms with E-state index >= 15 is 0 Å². The maximum Gasteiger partial charge on any atom is 0.269 e. The molecule has 0 fully saturated rings. The summed E-state index contributed by atoms with van der Waals surface area (Å²) >= 11 is 0. The third-order valence-corrected chi connectivity index (χ3v) is 3.21. The van der Waals surface area contributed by atoms with Crippen LogP contribution in [0.3, 0.4) is 0 Å². The van der Waals surface area contributed by atoms with Crippen molar-refractivity contribution in [1.29, 1.82) is 5.26 Å². The second-order valence-corrected chi connectivity index (χ2v) is 4.59. The number of nitrogens with zero attached hydrogens (tertiary/aromatic N) is 4. The van der Waals surface area contributed by atoms with Gasteiger partial charge in [0.25, 0.3) is 5.69 Å². The standard InChI is InChI=1S/C16H10N4O2/c17-10-13-11-19(14-6-8-15(9-7-14)20(21)22)18-16(13)12-4-2-1-3-5-12/h1-9,11H. The van der Waals surface area contributed by atoms with E-state index in [1.54, 1.807) is 23.0 Å². The number of hydrogen-bond donors (Lipinski definition) is 0. The number of benzene rings is 2. The predicted molar refractivity (Wildman–Crippen MR) is 80.4 cm³/mol. The summed E-state index contributed by atoms with van der Waals surface area (Å²) in [4.78, 5) is 10.2. The minimum absolute atomic E-state index is 0.0136. The Labute approximate surface area is 126 Å². The van der Waals surface area contributed by atoms with Crippen LogP contribution >= 0.6 is 0 Å². The summed E-state index contributed by atoms with van der Waals surface area (Å²) < 4.78 is 1.55. The fourth-order valence-corrected chi connectivity index (χ4v) is 2.12. The molecule has 0 atom stereocenters. The molecule has 22 heavy (non-hydrogen) atoms. The lowest BCUT2D eigenvalue weighted by Gasteiger charge is -2.00. The Morgan fingerprint density at radius 1 is 1.09 bits per heavy atom. The zero-order chi connectivity index (χ0) is 15.5. The first-order chi connectivity index (χ1) is 10.7. The van der Waals surface area contributed by atoms with Crippen molar-refractivity contribution in [2.75, 3.05) is 0 Å². The van der Waals surface area contributed by atoms with Crippen LogP contribution < -0.4 is 0 Å². The van der Waals surface area contributed by atoms with Crippen molar-refractivity contribution < 1.29 is 4.92 Å². The SMILES string of the molecule is N#Cc1cn(-c2ccc([N+](=O)[O-])cc2)nc1-c1ccccc1. The molecular formula is C16H10N4O2. The topological polar surface area (TPSA) is 84.8 Å². The molecule has 6 nitrogen and oxygen atoms in total. The highest BCUT2D eigenvalue weighted by Crippen LogP contribution is 2.23. The van der Waals surface area contributed by atoms with Crippen LogP contribution in [0.25, 0.3) is 16.9 Å². The average molecular weight is 290 g/mol. The molecule has 0 aliphatic rings. The van der Waals surface area contributed by atoms with Crippen molar-refractivity contribution in [1.82, 2.24) is 9.78 Å². The highest BCUT2D eigenvalue weighted by Gasteiger charge is 2.12. The lowest BCUT2D eigenvalue weighted by molar-refractivity contribution is -0.384. The van der Waals surface area contributed by atoms with Gasteiger partial charge in [-0.25, -0.2) is 4.68 Å². The van der Waals surface area contributed by atoms with Gasteiger partial charge in [-0.2, -0.15) is 10.4 Å². The molecule has 0 radical (unpaired) electrons. The Morgan fingerprint density at radius 2 is 1.77 bits per heavy atom. The summed E-state index contributed by atoms with van der Waals surface area (Å²) in [6.45, 7) is 0. The van der Waals surface area contributed by atoms with Crippen LogP contribution in [-0.4, -0.2) is 14.7 Å². The molecule has 1 heterocycles. The van der Waals surface area contributed by atoms with Gasteiger partial charge in [-0.3, -0.25) is 10.1 Å². The van der Waals surface area contributed by atoms with E-state index in [0.717, 1.165) is 5.56 Å². The number of hydrogen-bond acceptors (Lipinski definition) is 4. The molecule has 0 N–H and O–H groups in total. The number of rotatable bonds is 3. The van der Waals surface area contributed by atoms with Crippen LogP contribution in [0.15, 0.2) is 60.8 Å². The molecule has 0 unspecified atom stereocenters. The highest BCUT2D eigenvalue weighted by atomic mass is 16.6. The summed E-state index contributed by atoms with van der Waals surface area (Å²) in [5, 5.41) is 24.4. The van der Waals surface area contributed by atoms with Crippen molar-refractivity contribution in [3.05, 3.63) is 76.5 Å². The van der Waals surface area contributed by atoms with Gasteiger partial charge in [-0.15, -0.1) is 0 Å². The highest BCUT2D eigenvalue weighted by molar-refractivity contribution is 5.66. The van der Waals surface area contributed by atoms with Crippen molar-refractivity contribution in [3.8, 4) is 23.0 Å². The molecule has 6 heteroatoms. The van der Waals surface area contributed by atoms with Gasteiger partial charge in [0.15, 0.2) is 0 Å². The smallest absolute Gasteiger partial charge is 0.258 e. The molecule has 0 saturated carbocycles. The van der Waals surface area contributed by atoms with Crippen LogP contribution in [0.1, 0.15) is 5.56 Å². The molecule has 0 spiro atoms. The summed E-state index contributed by atoms with van der Waals surface area (Å²) in [7, 11) is 0. The molecule has 0 saturated heterocycles. The monoisotopic (exact) mass is 290 g/mol. The molecule has 0 aliphatic heterocycles. The third kappa shape index (κ3) is 2.43. The largest absolute Gasteiger partial charge is 0.269 e. The second kappa shape index (κ2) is 5.50. The Bertz CT molecular complexity index is 861. The Morgan fingerprint density at radius 3 is 2.36 bits per heavy atom. The van der Waals surface area contributed by atoms with Gasteiger partial charge >= 0.3 is 0 Å². The number of nitro benzene ring substituents is 1. The van der Waals surface area contributed by atoms with Crippen LogP contribution in [0.4, 0.5) is 5.69 Å². The molecule has 3 rings (SSSR count). The van der Waals surface area contributed by atoms with E-state index in [2.05, 4.69) is 11.2 Å². The van der Waals surface area contributed by atoms with E-state index in [4.69, 9.17) is 0 Å². The number of aromatic nitrogens is 2. The second-order valence-electron chi connectivity index (χ2n) is 4.59. The van der Waals surface area contributed by atoms with Gasteiger partial charge < -0.3 is 0 Å². The number of nitriles is 1. The molecule has 3 aromatic rings. The first kappa shape index (κ1) is 13.5. The van der Waals surface area contributed by atoms with Gasteiger partial charge in [-0.05, 0) is 12.1 Å². The number of non-ortho nitro benzene ring substituents is 1. The van der Waals surface area contributed by atoms with E-state index in [1.807, 2.05) is 30.3 Å². The van der Waals surface area contributed by atoms with Crippen molar-refractivity contribution >= 4 is 5.69 Å². The lowest BCUT2D eigenvalue weighted by atomic mass is 10.1. The Balaban J connectivity index is 2.04. The summed E-state index contributed by atoms with van der Waals surface area (Å²) in [5.74, 6) is 0. The van der Waals surface area contributed by atoms with Gasteiger partial charge in [0.1, 0.15) is 11.8 Å². The molecule has 0 aliphatic carbocycles. The van der Waals surface area contributed by atoms with Crippen molar-refractivity contribution in [3.63, 3.8) is 0 Å². The fraction of sp³-hybridized carbons (Fsp3) is 0. The zero-order valence-corrected chi connectivity index (χ0v) is 11.4.